The molecule has 1 aromatic carbocycles. The average molecular weight is 336 g/mol. The van der Waals surface area contributed by atoms with Crippen molar-refractivity contribution in [2.45, 2.75) is 0 Å². The van der Waals surface area contributed by atoms with E-state index in [2.05, 4.69) is 31.8 Å². The monoisotopic (exact) mass is 336 g/mol. The third kappa shape index (κ3) is 2.52. The Labute approximate surface area is 141 Å². The lowest BCUT2D eigenvalue weighted by molar-refractivity contribution is 0.586. The van der Waals surface area contributed by atoms with Gasteiger partial charge in [0.25, 0.3) is 6.01 Å². The largest absolute Gasteiger partial charge is 0.423 e. The Hall–Kier alpha value is -3.60. The van der Waals surface area contributed by atoms with Gasteiger partial charge in [-0.25, -0.2) is 14.4 Å². The number of nitrogens with zero attached hydrogens (tertiary/aromatic N) is 4. The van der Waals surface area contributed by atoms with Gasteiger partial charge in [0.1, 0.15) is 29.1 Å². The number of oxazole rings is 1. The first-order valence-electron chi connectivity index (χ1n) is 7.40. The summed E-state index contributed by atoms with van der Waals surface area (Å²) in [5, 5.41) is 0.618. The number of aromatic amines is 1. The lowest BCUT2D eigenvalue weighted by Gasteiger charge is -2.03. The normalized spacial score (nSPS) is 10.8. The standard InChI is InChI=1S/C17H13FN6O/c1-24(2)17-23-12-5-9(11(18)6-13(12)25-17)3-4-10-7-20-16-14(10)15(19)21-8-22-16/h5-8H,1-2H3,(H3,19,20,21,22). The minimum Gasteiger partial charge on any atom is -0.423 e. The van der Waals surface area contributed by atoms with E-state index in [0.29, 0.717) is 39.5 Å². The highest BCUT2D eigenvalue weighted by molar-refractivity contribution is 5.91. The minimum atomic E-state index is -0.481. The van der Waals surface area contributed by atoms with Gasteiger partial charge in [-0.15, -0.1) is 0 Å². The molecule has 0 spiro atoms. The molecule has 4 aromatic rings. The SMILES string of the molecule is CN(C)c1nc2cc(C#Cc3c[nH]c4ncnc(N)c34)c(F)cc2o1. The number of hydrogen-bond donors (Lipinski definition) is 2. The Morgan fingerprint density at radius 2 is 2.00 bits per heavy atom. The zero-order chi connectivity index (χ0) is 17.6. The second-order valence-electron chi connectivity index (χ2n) is 5.63. The number of nitrogens with one attached hydrogen (secondary N) is 1. The van der Waals surface area contributed by atoms with Gasteiger partial charge in [-0.3, -0.25) is 0 Å². The van der Waals surface area contributed by atoms with Crippen molar-refractivity contribution in [3.63, 3.8) is 0 Å². The number of H-pyrrole nitrogens is 1. The van der Waals surface area contributed by atoms with Crippen molar-refractivity contribution in [3.05, 3.63) is 41.6 Å². The Bertz CT molecular complexity index is 1160. The summed E-state index contributed by atoms with van der Waals surface area (Å²) in [7, 11) is 3.59. The maximum Gasteiger partial charge on any atom is 0.297 e. The van der Waals surface area contributed by atoms with E-state index in [1.807, 2.05) is 0 Å². The van der Waals surface area contributed by atoms with E-state index in [0.717, 1.165) is 0 Å². The van der Waals surface area contributed by atoms with Crippen LogP contribution in [0.4, 0.5) is 16.2 Å². The van der Waals surface area contributed by atoms with Crippen LogP contribution in [-0.2, 0) is 0 Å². The predicted octanol–water partition coefficient (Wildman–Crippen LogP) is 2.29. The summed E-state index contributed by atoms with van der Waals surface area (Å²) in [4.78, 5) is 17.0. The van der Waals surface area contributed by atoms with Crippen molar-refractivity contribution in [1.82, 2.24) is 19.9 Å². The Morgan fingerprint density at radius 1 is 1.20 bits per heavy atom. The second-order valence-corrected chi connectivity index (χ2v) is 5.63. The molecule has 0 atom stereocenters. The zero-order valence-electron chi connectivity index (χ0n) is 13.5. The van der Waals surface area contributed by atoms with Crippen LogP contribution < -0.4 is 10.6 Å². The fourth-order valence-corrected chi connectivity index (χ4v) is 2.44. The number of anilines is 2. The van der Waals surface area contributed by atoms with E-state index < -0.39 is 5.82 Å². The third-order valence-corrected chi connectivity index (χ3v) is 3.68. The van der Waals surface area contributed by atoms with Crippen molar-refractivity contribution in [3.8, 4) is 11.8 Å². The van der Waals surface area contributed by atoms with Gasteiger partial charge in [0.2, 0.25) is 0 Å². The van der Waals surface area contributed by atoms with Gasteiger partial charge in [0.15, 0.2) is 5.58 Å². The average Bonchev–Trinajstić information content (AvgIpc) is 3.17. The molecule has 0 fully saturated rings. The summed E-state index contributed by atoms with van der Waals surface area (Å²) in [6.07, 6.45) is 3.03. The highest BCUT2D eigenvalue weighted by Gasteiger charge is 2.12. The molecule has 8 heteroatoms. The summed E-state index contributed by atoms with van der Waals surface area (Å²) in [5.41, 5.74) is 8.18. The number of nitrogens with two attached hydrogens (primary N) is 1. The molecular formula is C17H13FN6O. The van der Waals surface area contributed by atoms with E-state index in [1.165, 1.54) is 12.4 Å². The maximum atomic E-state index is 14.3. The zero-order valence-corrected chi connectivity index (χ0v) is 13.5. The molecule has 0 saturated carbocycles. The molecule has 7 nitrogen and oxygen atoms in total. The van der Waals surface area contributed by atoms with E-state index in [1.54, 1.807) is 31.3 Å². The van der Waals surface area contributed by atoms with Crippen LogP contribution in [-0.4, -0.2) is 34.0 Å². The van der Waals surface area contributed by atoms with Crippen LogP contribution in [0.3, 0.4) is 0 Å². The summed E-state index contributed by atoms with van der Waals surface area (Å²) in [6.45, 7) is 0. The molecule has 0 aliphatic carbocycles. The fourth-order valence-electron chi connectivity index (χ4n) is 2.44. The van der Waals surface area contributed by atoms with E-state index in [4.69, 9.17) is 10.2 Å². The Balaban J connectivity index is 1.80. The van der Waals surface area contributed by atoms with Crippen molar-refractivity contribution >= 4 is 34.0 Å². The summed E-state index contributed by atoms with van der Waals surface area (Å²) >= 11 is 0. The van der Waals surface area contributed by atoms with Crippen molar-refractivity contribution in [2.75, 3.05) is 24.7 Å². The summed E-state index contributed by atoms with van der Waals surface area (Å²) in [6, 6.07) is 3.25. The van der Waals surface area contributed by atoms with Crippen molar-refractivity contribution in [1.29, 1.82) is 0 Å². The van der Waals surface area contributed by atoms with E-state index >= 15 is 0 Å². The topological polar surface area (TPSA) is 96.9 Å². The van der Waals surface area contributed by atoms with Gasteiger partial charge in [0, 0.05) is 26.4 Å². The first-order chi connectivity index (χ1) is 12.0. The lowest BCUT2D eigenvalue weighted by atomic mass is 10.1. The smallest absolute Gasteiger partial charge is 0.297 e. The van der Waals surface area contributed by atoms with Gasteiger partial charge < -0.3 is 20.0 Å². The van der Waals surface area contributed by atoms with Crippen LogP contribution in [0.2, 0.25) is 0 Å². The summed E-state index contributed by atoms with van der Waals surface area (Å²) < 4.78 is 19.8. The van der Waals surface area contributed by atoms with Gasteiger partial charge in [-0.05, 0) is 6.07 Å². The van der Waals surface area contributed by atoms with E-state index in [9.17, 15) is 4.39 Å². The number of benzene rings is 1. The van der Waals surface area contributed by atoms with Crippen molar-refractivity contribution in [2.24, 2.45) is 0 Å². The molecule has 0 aliphatic heterocycles. The minimum absolute atomic E-state index is 0.218. The molecule has 3 aromatic heterocycles. The number of nitrogen functional groups attached to an aromatic ring is 1. The van der Waals surface area contributed by atoms with Crippen LogP contribution in [0.25, 0.3) is 22.1 Å². The van der Waals surface area contributed by atoms with Gasteiger partial charge >= 0.3 is 0 Å². The molecule has 4 rings (SSSR count). The molecule has 0 aliphatic rings. The lowest BCUT2D eigenvalue weighted by Crippen LogP contribution is -2.08. The molecule has 3 N–H and O–H groups in total. The molecule has 0 bridgehead atoms. The predicted molar refractivity (Wildman–Crippen MR) is 92.6 cm³/mol. The second kappa shape index (κ2) is 5.49. The van der Waals surface area contributed by atoms with Crippen LogP contribution >= 0.6 is 0 Å². The van der Waals surface area contributed by atoms with Crippen molar-refractivity contribution < 1.29 is 8.81 Å². The number of halogens is 1. The first kappa shape index (κ1) is 15.0. The number of hydrogen-bond acceptors (Lipinski definition) is 6. The first-order valence-corrected chi connectivity index (χ1v) is 7.40. The Kier molecular flexibility index (Phi) is 3.28. The van der Waals surface area contributed by atoms with Crippen LogP contribution in [0, 0.1) is 17.7 Å². The van der Waals surface area contributed by atoms with Crippen LogP contribution in [0.5, 0.6) is 0 Å². The highest BCUT2D eigenvalue weighted by atomic mass is 19.1. The molecule has 0 radical (unpaired) electrons. The molecule has 0 unspecified atom stereocenters. The molecule has 3 heterocycles. The third-order valence-electron chi connectivity index (χ3n) is 3.68. The van der Waals surface area contributed by atoms with Crippen LogP contribution in [0.1, 0.15) is 11.1 Å². The Morgan fingerprint density at radius 3 is 2.80 bits per heavy atom. The van der Waals surface area contributed by atoms with Gasteiger partial charge in [-0.2, -0.15) is 4.98 Å². The number of fused-ring (bicyclic) bond motifs is 2. The van der Waals surface area contributed by atoms with Gasteiger partial charge in [-0.1, -0.05) is 11.8 Å². The van der Waals surface area contributed by atoms with Gasteiger partial charge in [0.05, 0.1) is 16.5 Å². The number of aromatic nitrogens is 4. The molecule has 0 amide bonds. The number of rotatable bonds is 1. The van der Waals surface area contributed by atoms with Crippen LogP contribution in [0.15, 0.2) is 29.1 Å². The maximum absolute atomic E-state index is 14.3. The quantitative estimate of drug-likeness (QED) is 0.518. The molecular weight excluding hydrogens is 323 g/mol. The molecule has 124 valence electrons. The summed E-state index contributed by atoms with van der Waals surface area (Å²) in [5.74, 6) is 5.56. The highest BCUT2D eigenvalue weighted by Crippen LogP contribution is 2.24. The molecule has 25 heavy (non-hydrogen) atoms. The molecule has 0 saturated heterocycles. The van der Waals surface area contributed by atoms with E-state index in [-0.39, 0.29) is 5.56 Å². The fraction of sp³-hybridized carbons (Fsp3) is 0.118.